The first-order valence-corrected chi connectivity index (χ1v) is 10.4. The van der Waals surface area contributed by atoms with Gasteiger partial charge in [0.25, 0.3) is 0 Å². The number of thiophene rings is 2. The van der Waals surface area contributed by atoms with E-state index in [9.17, 15) is 5.11 Å². The molecule has 0 aliphatic carbocycles. The van der Waals surface area contributed by atoms with Crippen LogP contribution in [0.15, 0.2) is 41.6 Å². The second-order valence-corrected chi connectivity index (χ2v) is 8.23. The molecule has 2 aromatic rings. The van der Waals surface area contributed by atoms with Crippen LogP contribution in [0.5, 0.6) is 0 Å². The minimum absolute atomic E-state index is 0.720. The number of unbranched alkanes of at least 4 members (excludes halogenated alkanes) is 6. The highest BCUT2D eigenvalue weighted by Crippen LogP contribution is 2.40. The van der Waals surface area contributed by atoms with Crippen LogP contribution in [0.2, 0.25) is 0 Å². The first-order chi connectivity index (χ1) is 11.1. The summed E-state index contributed by atoms with van der Waals surface area (Å²) in [5, 5.41) is 15.1. The monoisotopic (exact) mass is 348 g/mol. The molecule has 2 rings (SSSR count). The van der Waals surface area contributed by atoms with Crippen molar-refractivity contribution in [2.75, 3.05) is 0 Å². The van der Waals surface area contributed by atoms with Crippen molar-refractivity contribution in [1.82, 2.24) is 0 Å². The maximum absolute atomic E-state index is 10.9. The van der Waals surface area contributed by atoms with Gasteiger partial charge in [-0.2, -0.15) is 0 Å². The molecule has 0 aliphatic heterocycles. The van der Waals surface area contributed by atoms with Crippen LogP contribution in [-0.4, -0.2) is 5.11 Å². The summed E-state index contributed by atoms with van der Waals surface area (Å²) in [6.45, 7) is 5.73. The van der Waals surface area contributed by atoms with Crippen LogP contribution in [-0.2, 0) is 5.60 Å². The molecule has 1 N–H and O–H groups in total. The predicted octanol–water partition coefficient (Wildman–Crippen LogP) is 6.99. The molecule has 2 heterocycles. The van der Waals surface area contributed by atoms with Crippen LogP contribution >= 0.6 is 22.7 Å². The Hall–Kier alpha value is -0.900. The summed E-state index contributed by atoms with van der Waals surface area (Å²) in [7, 11) is 0. The van der Waals surface area contributed by atoms with Crippen LogP contribution in [0.4, 0.5) is 0 Å². The Balaban J connectivity index is 1.79. The normalized spacial score (nSPS) is 13.8. The van der Waals surface area contributed by atoms with Gasteiger partial charge in [0.2, 0.25) is 0 Å². The first-order valence-electron chi connectivity index (χ1n) is 8.60. The van der Waals surface area contributed by atoms with Gasteiger partial charge < -0.3 is 5.11 Å². The third-order valence-electron chi connectivity index (χ3n) is 4.31. The lowest BCUT2D eigenvalue weighted by Crippen LogP contribution is -2.20. The summed E-state index contributed by atoms with van der Waals surface area (Å²) in [4.78, 5) is 2.49. The van der Waals surface area contributed by atoms with Gasteiger partial charge in [-0.25, -0.2) is 0 Å². The highest BCUT2D eigenvalue weighted by molar-refractivity contribution is 7.20. The van der Waals surface area contributed by atoms with E-state index < -0.39 is 5.60 Å². The van der Waals surface area contributed by atoms with Crippen LogP contribution in [0.1, 0.15) is 63.9 Å². The van der Waals surface area contributed by atoms with E-state index in [1.807, 2.05) is 13.0 Å². The Kier molecular flexibility index (Phi) is 7.54. The third-order valence-corrected chi connectivity index (χ3v) is 6.28. The molecule has 2 aromatic heterocycles. The third kappa shape index (κ3) is 5.59. The number of rotatable bonds is 11. The van der Waals surface area contributed by atoms with Crippen LogP contribution in [0.25, 0.3) is 9.75 Å². The van der Waals surface area contributed by atoms with Gasteiger partial charge >= 0.3 is 0 Å². The standard InChI is InChI=1S/C20H28OS2/c1-3-4-5-6-7-8-9-10-14-20(2,21)17-13-16-23-19(17)18-12-11-15-22-18/h3,11-13,15-16,21H,1,4-10,14H2,2H3. The Morgan fingerprint density at radius 1 is 1.04 bits per heavy atom. The van der Waals surface area contributed by atoms with E-state index in [-0.39, 0.29) is 0 Å². The maximum Gasteiger partial charge on any atom is 0.0882 e. The Morgan fingerprint density at radius 2 is 1.78 bits per heavy atom. The molecule has 0 aromatic carbocycles. The lowest BCUT2D eigenvalue weighted by Gasteiger charge is -2.24. The molecule has 1 unspecified atom stereocenters. The van der Waals surface area contributed by atoms with Crippen molar-refractivity contribution in [3.63, 3.8) is 0 Å². The van der Waals surface area contributed by atoms with E-state index in [0.29, 0.717) is 0 Å². The summed E-state index contributed by atoms with van der Waals surface area (Å²) in [5.41, 5.74) is 0.373. The van der Waals surface area contributed by atoms with E-state index in [4.69, 9.17) is 0 Å². The van der Waals surface area contributed by atoms with Gasteiger partial charge in [-0.1, -0.05) is 44.2 Å². The average molecular weight is 349 g/mol. The van der Waals surface area contributed by atoms with Crippen molar-refractivity contribution in [2.24, 2.45) is 0 Å². The van der Waals surface area contributed by atoms with Crippen molar-refractivity contribution in [1.29, 1.82) is 0 Å². The molecule has 126 valence electrons. The minimum Gasteiger partial charge on any atom is -0.385 e. The molecule has 1 nitrogen and oxygen atoms in total. The van der Waals surface area contributed by atoms with Crippen molar-refractivity contribution >= 4 is 22.7 Å². The quantitative estimate of drug-likeness (QED) is 0.342. The molecule has 3 heteroatoms. The zero-order chi connectivity index (χ0) is 16.5. The summed E-state index contributed by atoms with van der Waals surface area (Å²) >= 11 is 3.48. The highest BCUT2D eigenvalue weighted by Gasteiger charge is 2.27. The largest absolute Gasteiger partial charge is 0.385 e. The van der Waals surface area contributed by atoms with E-state index in [0.717, 1.165) is 24.8 Å². The van der Waals surface area contributed by atoms with Gasteiger partial charge in [-0.05, 0) is 49.1 Å². The van der Waals surface area contributed by atoms with Gasteiger partial charge in [-0.3, -0.25) is 0 Å². The Labute approximate surface area is 148 Å². The fourth-order valence-electron chi connectivity index (χ4n) is 2.93. The molecule has 0 saturated heterocycles. The molecular formula is C20H28OS2. The summed E-state index contributed by atoms with van der Waals surface area (Å²) in [6.07, 6.45) is 11.4. The Morgan fingerprint density at radius 3 is 2.48 bits per heavy atom. The highest BCUT2D eigenvalue weighted by atomic mass is 32.1. The topological polar surface area (TPSA) is 20.2 Å². The molecular weight excluding hydrogens is 320 g/mol. The predicted molar refractivity (Wildman–Crippen MR) is 104 cm³/mol. The zero-order valence-corrected chi connectivity index (χ0v) is 15.7. The SMILES string of the molecule is C=CCCCCCCCCC(C)(O)c1ccsc1-c1cccs1. The molecule has 0 radical (unpaired) electrons. The smallest absolute Gasteiger partial charge is 0.0882 e. The van der Waals surface area contributed by atoms with Crippen LogP contribution < -0.4 is 0 Å². The minimum atomic E-state index is -0.720. The molecule has 23 heavy (non-hydrogen) atoms. The maximum atomic E-state index is 10.9. The lowest BCUT2D eigenvalue weighted by molar-refractivity contribution is 0.0458. The van der Waals surface area contributed by atoms with Crippen LogP contribution in [0.3, 0.4) is 0 Å². The van der Waals surface area contributed by atoms with Crippen molar-refractivity contribution < 1.29 is 5.11 Å². The van der Waals surface area contributed by atoms with E-state index in [1.165, 1.54) is 41.9 Å². The Bertz CT molecular complexity index is 566. The van der Waals surface area contributed by atoms with Crippen molar-refractivity contribution in [3.8, 4) is 9.75 Å². The summed E-state index contributed by atoms with van der Waals surface area (Å²) in [5.74, 6) is 0. The zero-order valence-electron chi connectivity index (χ0n) is 14.1. The number of hydrogen-bond donors (Lipinski definition) is 1. The average Bonchev–Trinajstić information content (AvgIpc) is 3.20. The molecule has 0 saturated carbocycles. The molecule has 0 aliphatic rings. The number of hydrogen-bond acceptors (Lipinski definition) is 3. The molecule has 1 atom stereocenters. The van der Waals surface area contributed by atoms with Crippen LogP contribution in [0, 0.1) is 0 Å². The number of allylic oxidation sites excluding steroid dienone is 1. The summed E-state index contributed by atoms with van der Waals surface area (Å²) in [6, 6.07) is 6.30. The fourth-order valence-corrected chi connectivity index (χ4v) is 4.84. The van der Waals surface area contributed by atoms with E-state index in [2.05, 4.69) is 35.5 Å². The van der Waals surface area contributed by atoms with E-state index >= 15 is 0 Å². The first kappa shape index (κ1) is 18.4. The lowest BCUT2D eigenvalue weighted by atomic mass is 9.90. The van der Waals surface area contributed by atoms with Gasteiger partial charge in [0.15, 0.2) is 0 Å². The second kappa shape index (κ2) is 9.41. The van der Waals surface area contributed by atoms with Crippen molar-refractivity contribution in [2.45, 2.75) is 63.9 Å². The van der Waals surface area contributed by atoms with Gasteiger partial charge in [0.05, 0.1) is 10.5 Å². The van der Waals surface area contributed by atoms with Gasteiger partial charge in [0, 0.05) is 10.4 Å². The molecule has 0 amide bonds. The van der Waals surface area contributed by atoms with E-state index in [1.54, 1.807) is 22.7 Å². The van der Waals surface area contributed by atoms with Crippen molar-refractivity contribution in [3.05, 3.63) is 47.2 Å². The molecule has 0 fully saturated rings. The fraction of sp³-hybridized carbons (Fsp3) is 0.500. The van der Waals surface area contributed by atoms with Gasteiger partial charge in [-0.15, -0.1) is 29.3 Å². The number of aliphatic hydroxyl groups is 1. The second-order valence-electron chi connectivity index (χ2n) is 6.36. The van der Waals surface area contributed by atoms with Gasteiger partial charge in [0.1, 0.15) is 0 Å². The summed E-state index contributed by atoms with van der Waals surface area (Å²) < 4.78 is 0. The molecule has 0 bridgehead atoms. The molecule has 0 spiro atoms.